The zero-order valence-electron chi connectivity index (χ0n) is 14.4. The van der Waals surface area contributed by atoms with Crippen LogP contribution in [0.25, 0.3) is 22.9 Å². The minimum atomic E-state index is -1.50. The molecule has 27 heavy (non-hydrogen) atoms. The van der Waals surface area contributed by atoms with E-state index >= 15 is 0 Å². The average molecular weight is 1080 g/mol. The van der Waals surface area contributed by atoms with Gasteiger partial charge in [0, 0.05) is 22.4 Å². The second-order valence-electron chi connectivity index (χ2n) is 5.28. The third-order valence-electron chi connectivity index (χ3n) is 3.53. The molecule has 0 amide bonds. The van der Waals surface area contributed by atoms with E-state index in [2.05, 4.69) is 38.7 Å². The van der Waals surface area contributed by atoms with Crippen LogP contribution in [-0.2, 0) is 54.6 Å². The van der Waals surface area contributed by atoms with Gasteiger partial charge in [0.1, 0.15) is 0 Å². The van der Waals surface area contributed by atoms with E-state index in [0.29, 0.717) is 11.2 Å². The molecule has 2 saturated carbocycles. The molecule has 0 bridgehead atoms. The molecule has 0 aromatic heterocycles. The van der Waals surface area contributed by atoms with Gasteiger partial charge in [-0.05, 0) is 0 Å². The van der Waals surface area contributed by atoms with Crippen molar-refractivity contribution < 1.29 is 75.9 Å². The Labute approximate surface area is 220 Å². The standard InChI is InChI=1S/2C6H12N2.Ag.2HI.HNO3.2H2O.2Pt/c2*7-5-3-1-2-4-6(5)8;;;;2-1(3)4;;;;/h2*5-8H,1-4H2;;2*1H;(H,2,3,4);2*1H2;;/q2*-2;;;;;;;+2;+4/p-2/t2*5-,6-;;;;;;;;/m11......../s1. The minimum absolute atomic E-state index is 0. The van der Waals surface area contributed by atoms with Gasteiger partial charge >= 0.3 is 71.0 Å². The molecule has 0 aliphatic heterocycles. The van der Waals surface area contributed by atoms with E-state index in [-0.39, 0.29) is 78.6 Å². The Morgan fingerprint density at radius 3 is 1.00 bits per heavy atom. The summed E-state index contributed by atoms with van der Waals surface area (Å²) in [6.45, 7) is 0. The van der Waals surface area contributed by atoms with E-state index < -0.39 is 5.09 Å². The molecule has 2 aliphatic rings. The molecule has 0 aromatic carbocycles. The number of nitrogens with zero attached hydrogens (tertiary/aromatic N) is 1. The van der Waals surface area contributed by atoms with Crippen LogP contribution in [-0.4, -0.2) is 45.4 Å². The summed E-state index contributed by atoms with van der Waals surface area (Å²) in [5.41, 5.74) is 29.2. The van der Waals surface area contributed by atoms with Gasteiger partial charge in [-0.2, -0.15) is 24.2 Å². The molecule has 15 heteroatoms. The van der Waals surface area contributed by atoms with Crippen molar-refractivity contribution in [2.75, 3.05) is 0 Å². The quantitative estimate of drug-likeness (QED) is 0.160. The molecule has 10 nitrogen and oxygen atoms in total. The molecule has 0 heterocycles. The van der Waals surface area contributed by atoms with Crippen molar-refractivity contribution in [2.45, 2.75) is 75.5 Å². The SMILES string of the molecule is O.O.O=[N+]([O-])O.[Ag].[I][Pt+2][I].[NH-][C@@H]1CCCC[C@H]1[NH-].[NH-][C@@H]1CCCC[C@H]1[NH-].[Pt+2]. The summed E-state index contributed by atoms with van der Waals surface area (Å²) in [6, 6.07) is -0.319. The Hall–Kier alpha value is 2.54. The summed E-state index contributed by atoms with van der Waals surface area (Å²) in [5.74, 6) is 0. The number of halogens is 2. The van der Waals surface area contributed by atoms with Crippen molar-refractivity contribution in [3.63, 3.8) is 0 Å². The van der Waals surface area contributed by atoms with Crippen LogP contribution < -0.4 is 0 Å². The van der Waals surface area contributed by atoms with Gasteiger partial charge in [0.15, 0.2) is 0 Å². The fourth-order valence-corrected chi connectivity index (χ4v) is 2.26. The number of hydrogen-bond acceptors (Lipinski definition) is 2. The summed E-state index contributed by atoms with van der Waals surface area (Å²) >= 11 is 5.30. The molecule has 0 unspecified atom stereocenters. The maximum atomic E-state index is 8.36. The zero-order valence-corrected chi connectivity index (χ0v) is 24.7. The van der Waals surface area contributed by atoms with Gasteiger partial charge in [0.25, 0.3) is 5.09 Å². The van der Waals surface area contributed by atoms with Gasteiger partial charge in [0.2, 0.25) is 0 Å². The fourth-order valence-electron chi connectivity index (χ4n) is 2.26. The van der Waals surface area contributed by atoms with Crippen molar-refractivity contribution in [3.8, 4) is 0 Å². The zero-order chi connectivity index (χ0) is 18.3. The molecular weight excluding hydrogens is 1050 g/mol. The first kappa shape index (κ1) is 43.4. The average Bonchev–Trinajstić information content (AvgIpc) is 2.46. The van der Waals surface area contributed by atoms with Gasteiger partial charge in [-0.1, -0.05) is 51.4 Å². The largest absolute Gasteiger partial charge is 2.00 e. The maximum absolute atomic E-state index is 8.36. The molecule has 9 N–H and O–H groups in total. The Bertz CT molecular complexity index is 267. The second-order valence-corrected chi connectivity index (χ2v) is 21.9. The minimum Gasteiger partial charge on any atom is -0.676 e. The van der Waals surface area contributed by atoms with Crippen LogP contribution in [0.3, 0.4) is 0 Å². The van der Waals surface area contributed by atoms with E-state index in [9.17, 15) is 0 Å². The number of nitrogens with one attached hydrogen (secondary N) is 4. The normalized spacial score (nSPS) is 25.3. The van der Waals surface area contributed by atoms with Gasteiger partial charge < -0.3 is 39.1 Å². The van der Waals surface area contributed by atoms with Crippen LogP contribution in [0.5, 0.6) is 0 Å². The van der Waals surface area contributed by atoms with Crippen molar-refractivity contribution in [3.05, 3.63) is 33.0 Å². The third-order valence-corrected chi connectivity index (χ3v) is 3.53. The van der Waals surface area contributed by atoms with Gasteiger partial charge in [-0.15, -0.1) is 10.1 Å². The van der Waals surface area contributed by atoms with E-state index in [1.165, 1.54) is 25.7 Å². The molecule has 2 aliphatic carbocycles. The first-order valence-corrected chi connectivity index (χ1v) is 20.1. The topological polar surface area (TPSA) is 222 Å². The molecule has 0 aromatic rings. The molecule has 2 rings (SSSR count). The fraction of sp³-hybridized carbons (Fsp3) is 1.00. The van der Waals surface area contributed by atoms with Crippen LogP contribution in [0, 0.1) is 10.1 Å². The van der Waals surface area contributed by atoms with Crippen molar-refractivity contribution in [2.24, 2.45) is 0 Å². The molecular formula is C12H29AgI2N5O5Pt2. The van der Waals surface area contributed by atoms with Gasteiger partial charge in [0.05, 0.1) is 0 Å². The first-order chi connectivity index (χ1) is 10.8. The second kappa shape index (κ2) is 30.7. The van der Waals surface area contributed by atoms with E-state index in [1.807, 2.05) is 0 Å². The summed E-state index contributed by atoms with van der Waals surface area (Å²) in [5, 5.41) is 13.6. The predicted octanol–water partition coefficient (Wildman–Crippen LogP) is 4.57. The summed E-state index contributed by atoms with van der Waals surface area (Å²) in [6.07, 6.45) is 8.49. The van der Waals surface area contributed by atoms with Crippen molar-refractivity contribution >= 4 is 38.7 Å². The Morgan fingerprint density at radius 1 is 0.815 bits per heavy atom. The summed E-state index contributed by atoms with van der Waals surface area (Å²) < 4.78 is 0. The molecule has 2 fully saturated rings. The van der Waals surface area contributed by atoms with Crippen LogP contribution >= 0.6 is 38.7 Å². The summed E-state index contributed by atoms with van der Waals surface area (Å²) in [7, 11) is 0. The predicted molar refractivity (Wildman–Crippen MR) is 113 cm³/mol. The van der Waals surface area contributed by atoms with E-state index in [4.69, 9.17) is 38.3 Å². The van der Waals surface area contributed by atoms with Crippen molar-refractivity contribution in [1.29, 1.82) is 0 Å². The smallest absolute Gasteiger partial charge is 0.676 e. The molecule has 1 radical (unpaired) electrons. The van der Waals surface area contributed by atoms with E-state index in [0.717, 1.165) is 25.7 Å². The summed E-state index contributed by atoms with van der Waals surface area (Å²) in [4.78, 5) is 8.36. The number of hydrogen-bond donors (Lipinski definition) is 1. The maximum Gasteiger partial charge on any atom is 2.00 e. The van der Waals surface area contributed by atoms with Crippen LogP contribution in [0.2, 0.25) is 0 Å². The Balaban J connectivity index is -0.0000000554. The molecule has 4 atom stereocenters. The van der Waals surface area contributed by atoms with Crippen LogP contribution in [0.1, 0.15) is 51.4 Å². The molecule has 0 saturated heterocycles. The molecule has 177 valence electrons. The Morgan fingerprint density at radius 2 is 0.926 bits per heavy atom. The third kappa shape index (κ3) is 33.4. The van der Waals surface area contributed by atoms with Crippen LogP contribution in [0.4, 0.5) is 0 Å². The van der Waals surface area contributed by atoms with Crippen LogP contribution in [0.15, 0.2) is 0 Å². The van der Waals surface area contributed by atoms with E-state index in [1.54, 1.807) is 0 Å². The molecule has 0 spiro atoms. The van der Waals surface area contributed by atoms with Gasteiger partial charge in [-0.3, -0.25) is 0 Å². The van der Waals surface area contributed by atoms with Gasteiger partial charge in [-0.25, -0.2) is 0 Å². The first-order valence-electron chi connectivity index (χ1n) is 7.26. The number of rotatable bonds is 0. The Kier molecular flexibility index (Phi) is 49.4. The monoisotopic (exact) mass is 1070 g/mol. The van der Waals surface area contributed by atoms with Crippen molar-refractivity contribution in [1.82, 2.24) is 0 Å².